The van der Waals surface area contributed by atoms with Gasteiger partial charge in [-0.15, -0.1) is 0 Å². The van der Waals surface area contributed by atoms with E-state index in [0.717, 1.165) is 42.5 Å². The number of aromatic nitrogens is 2. The van der Waals surface area contributed by atoms with Gasteiger partial charge in [0.05, 0.1) is 18.4 Å². The van der Waals surface area contributed by atoms with Crippen LogP contribution in [-0.2, 0) is 0 Å². The van der Waals surface area contributed by atoms with E-state index in [2.05, 4.69) is 23.5 Å². The first-order valence-corrected chi connectivity index (χ1v) is 7.59. The summed E-state index contributed by atoms with van der Waals surface area (Å²) in [6.07, 6.45) is 0.897. The number of rotatable bonds is 2. The molecule has 1 saturated heterocycles. The molecule has 1 fully saturated rings. The Morgan fingerprint density at radius 2 is 2.14 bits per heavy atom. The molecule has 5 heteroatoms. The number of nitrogens with zero attached hydrogens (tertiary/aromatic N) is 2. The van der Waals surface area contributed by atoms with Gasteiger partial charge in [-0.05, 0) is 24.9 Å². The number of hydrogen-bond donors (Lipinski definition) is 1. The zero-order valence-electron chi connectivity index (χ0n) is 12.1. The Hall–Kier alpha value is -1.88. The minimum Gasteiger partial charge on any atom is -0.493 e. The standard InChI is InChI=1S/C16H19N3O2/c1-10-8-17-9-13(10)16-18-15(19-21-16)12-6-7-20-14-5-3-2-4-11(12)14/h2-5,10,12-13,17H,6-9H2,1H3. The molecule has 0 bridgehead atoms. The Kier molecular flexibility index (Phi) is 3.15. The Bertz CT molecular complexity index is 640. The molecule has 0 spiro atoms. The molecule has 2 aliphatic heterocycles. The SMILES string of the molecule is CC1CNCC1c1nc(C2CCOc3ccccc32)no1. The van der Waals surface area contributed by atoms with E-state index in [1.807, 2.05) is 18.2 Å². The summed E-state index contributed by atoms with van der Waals surface area (Å²) in [6, 6.07) is 8.12. The molecular weight excluding hydrogens is 266 g/mol. The fourth-order valence-corrected chi connectivity index (χ4v) is 3.29. The Morgan fingerprint density at radius 1 is 1.24 bits per heavy atom. The molecule has 0 radical (unpaired) electrons. The lowest BCUT2D eigenvalue weighted by atomic mass is 9.92. The summed E-state index contributed by atoms with van der Waals surface area (Å²) in [5.74, 6) is 3.56. The van der Waals surface area contributed by atoms with Crippen LogP contribution in [-0.4, -0.2) is 29.8 Å². The number of ether oxygens (including phenoxy) is 1. The number of benzene rings is 1. The Balaban J connectivity index is 1.65. The van der Waals surface area contributed by atoms with Crippen LogP contribution < -0.4 is 10.1 Å². The Labute approximate surface area is 123 Å². The van der Waals surface area contributed by atoms with Gasteiger partial charge < -0.3 is 14.6 Å². The monoisotopic (exact) mass is 285 g/mol. The van der Waals surface area contributed by atoms with Crippen LogP contribution in [0.3, 0.4) is 0 Å². The molecule has 1 aromatic heterocycles. The quantitative estimate of drug-likeness (QED) is 0.917. The molecule has 2 aliphatic rings. The van der Waals surface area contributed by atoms with Crippen LogP contribution in [0.2, 0.25) is 0 Å². The second kappa shape index (κ2) is 5.15. The van der Waals surface area contributed by atoms with E-state index < -0.39 is 0 Å². The van der Waals surface area contributed by atoms with E-state index in [-0.39, 0.29) is 5.92 Å². The first-order chi connectivity index (χ1) is 10.3. The van der Waals surface area contributed by atoms with Crippen LogP contribution in [0, 0.1) is 5.92 Å². The van der Waals surface area contributed by atoms with Crippen LogP contribution in [0.1, 0.15) is 42.5 Å². The van der Waals surface area contributed by atoms with Gasteiger partial charge in [0.1, 0.15) is 5.75 Å². The van der Waals surface area contributed by atoms with Crippen molar-refractivity contribution in [1.29, 1.82) is 0 Å². The van der Waals surface area contributed by atoms with Crippen molar-refractivity contribution in [1.82, 2.24) is 15.5 Å². The molecule has 21 heavy (non-hydrogen) atoms. The molecule has 110 valence electrons. The van der Waals surface area contributed by atoms with Crippen LogP contribution >= 0.6 is 0 Å². The van der Waals surface area contributed by atoms with Crippen molar-refractivity contribution >= 4 is 0 Å². The third-order valence-electron chi connectivity index (χ3n) is 4.56. The van der Waals surface area contributed by atoms with Crippen LogP contribution in [0.5, 0.6) is 5.75 Å². The van der Waals surface area contributed by atoms with E-state index in [4.69, 9.17) is 14.2 Å². The maximum Gasteiger partial charge on any atom is 0.231 e. The molecule has 0 aliphatic carbocycles. The largest absolute Gasteiger partial charge is 0.493 e. The Morgan fingerprint density at radius 3 is 3.00 bits per heavy atom. The van der Waals surface area contributed by atoms with Gasteiger partial charge in [-0.25, -0.2) is 0 Å². The van der Waals surface area contributed by atoms with Gasteiger partial charge in [0.2, 0.25) is 5.89 Å². The molecule has 0 amide bonds. The highest BCUT2D eigenvalue weighted by Gasteiger charge is 2.32. The molecule has 5 nitrogen and oxygen atoms in total. The number of fused-ring (bicyclic) bond motifs is 1. The number of hydrogen-bond acceptors (Lipinski definition) is 5. The van der Waals surface area contributed by atoms with E-state index >= 15 is 0 Å². The van der Waals surface area contributed by atoms with Gasteiger partial charge in [-0.3, -0.25) is 0 Å². The second-order valence-electron chi connectivity index (χ2n) is 5.96. The average Bonchev–Trinajstić information content (AvgIpc) is 3.15. The summed E-state index contributed by atoms with van der Waals surface area (Å²) >= 11 is 0. The van der Waals surface area contributed by atoms with Crippen LogP contribution in [0.15, 0.2) is 28.8 Å². The fourth-order valence-electron chi connectivity index (χ4n) is 3.29. The lowest BCUT2D eigenvalue weighted by Gasteiger charge is -2.23. The molecule has 1 aromatic carbocycles. The summed E-state index contributed by atoms with van der Waals surface area (Å²) in [7, 11) is 0. The summed E-state index contributed by atoms with van der Waals surface area (Å²) < 4.78 is 11.2. The molecule has 3 atom stereocenters. The minimum atomic E-state index is 0.178. The first-order valence-electron chi connectivity index (χ1n) is 7.59. The molecular formula is C16H19N3O2. The highest BCUT2D eigenvalue weighted by molar-refractivity contribution is 5.40. The summed E-state index contributed by atoms with van der Waals surface area (Å²) in [4.78, 5) is 4.69. The highest BCUT2D eigenvalue weighted by Crippen LogP contribution is 2.37. The topological polar surface area (TPSA) is 60.2 Å². The predicted octanol–water partition coefficient (Wildman–Crippen LogP) is 2.31. The highest BCUT2D eigenvalue weighted by atomic mass is 16.5. The molecule has 2 aromatic rings. The van der Waals surface area contributed by atoms with Gasteiger partial charge >= 0.3 is 0 Å². The summed E-state index contributed by atoms with van der Waals surface area (Å²) in [5, 5.41) is 7.63. The zero-order valence-corrected chi connectivity index (χ0v) is 12.1. The van der Waals surface area contributed by atoms with Crippen molar-refractivity contribution < 1.29 is 9.26 Å². The van der Waals surface area contributed by atoms with Crippen LogP contribution in [0.4, 0.5) is 0 Å². The maximum absolute atomic E-state index is 5.70. The summed E-state index contributed by atoms with van der Waals surface area (Å²) in [5.41, 5.74) is 1.16. The smallest absolute Gasteiger partial charge is 0.231 e. The molecule has 3 heterocycles. The van der Waals surface area contributed by atoms with Gasteiger partial charge in [-0.2, -0.15) is 4.98 Å². The number of para-hydroxylation sites is 1. The van der Waals surface area contributed by atoms with E-state index in [1.54, 1.807) is 0 Å². The zero-order chi connectivity index (χ0) is 14.2. The third-order valence-corrected chi connectivity index (χ3v) is 4.56. The molecule has 3 unspecified atom stereocenters. The van der Waals surface area contributed by atoms with Crippen molar-refractivity contribution in [3.8, 4) is 5.75 Å². The van der Waals surface area contributed by atoms with Crippen molar-refractivity contribution in [3.63, 3.8) is 0 Å². The van der Waals surface area contributed by atoms with Gasteiger partial charge in [0.15, 0.2) is 5.82 Å². The average molecular weight is 285 g/mol. The van der Waals surface area contributed by atoms with E-state index in [0.29, 0.717) is 18.4 Å². The lowest BCUT2D eigenvalue weighted by Crippen LogP contribution is -2.16. The predicted molar refractivity (Wildman–Crippen MR) is 77.5 cm³/mol. The normalized spacial score (nSPS) is 28.1. The van der Waals surface area contributed by atoms with E-state index in [1.165, 1.54) is 0 Å². The molecule has 1 N–H and O–H groups in total. The van der Waals surface area contributed by atoms with Crippen LogP contribution in [0.25, 0.3) is 0 Å². The minimum absolute atomic E-state index is 0.178. The van der Waals surface area contributed by atoms with Gasteiger partial charge in [0, 0.05) is 12.1 Å². The lowest BCUT2D eigenvalue weighted by molar-refractivity contribution is 0.271. The second-order valence-corrected chi connectivity index (χ2v) is 5.96. The van der Waals surface area contributed by atoms with Gasteiger partial charge in [0.25, 0.3) is 0 Å². The first kappa shape index (κ1) is 12.8. The summed E-state index contributed by atoms with van der Waals surface area (Å²) in [6.45, 7) is 4.86. The third kappa shape index (κ3) is 2.21. The molecule has 0 saturated carbocycles. The fraction of sp³-hybridized carbons (Fsp3) is 0.500. The van der Waals surface area contributed by atoms with Crippen molar-refractivity contribution in [2.75, 3.05) is 19.7 Å². The maximum atomic E-state index is 5.70. The number of nitrogens with one attached hydrogen (secondary N) is 1. The van der Waals surface area contributed by atoms with Crippen molar-refractivity contribution in [3.05, 3.63) is 41.5 Å². The molecule has 4 rings (SSSR count). The van der Waals surface area contributed by atoms with Gasteiger partial charge in [-0.1, -0.05) is 30.3 Å². The van der Waals surface area contributed by atoms with Crippen molar-refractivity contribution in [2.45, 2.75) is 25.2 Å². The van der Waals surface area contributed by atoms with Crippen molar-refractivity contribution in [2.24, 2.45) is 5.92 Å². The van der Waals surface area contributed by atoms with E-state index in [9.17, 15) is 0 Å².